The molecular weight excluding hydrogens is 374 g/mol. The van der Waals surface area contributed by atoms with E-state index in [0.717, 1.165) is 29.7 Å². The molecule has 0 atom stereocenters. The van der Waals surface area contributed by atoms with E-state index in [1.807, 2.05) is 36.4 Å². The first kappa shape index (κ1) is 18.6. The van der Waals surface area contributed by atoms with Crippen molar-refractivity contribution in [1.29, 1.82) is 0 Å². The molecule has 0 aliphatic carbocycles. The molecule has 3 aromatic rings. The highest BCUT2D eigenvalue weighted by atomic mass is 32.2. The molecule has 0 amide bonds. The van der Waals surface area contributed by atoms with Crippen molar-refractivity contribution in [1.82, 2.24) is 14.7 Å². The molecule has 28 heavy (non-hydrogen) atoms. The molecule has 8 heteroatoms. The summed E-state index contributed by atoms with van der Waals surface area (Å²) in [5.74, 6) is 1.60. The highest BCUT2D eigenvalue weighted by Crippen LogP contribution is 2.22. The third-order valence-electron chi connectivity index (χ3n) is 4.85. The Morgan fingerprint density at radius 1 is 0.964 bits per heavy atom. The van der Waals surface area contributed by atoms with Crippen molar-refractivity contribution in [3.63, 3.8) is 0 Å². The SMILES string of the molecule is O=S(=O)(NCCNc1cc(N2CCCC2)ncn1)c1cccc2ccccc12. The van der Waals surface area contributed by atoms with Gasteiger partial charge in [0.05, 0.1) is 4.90 Å². The van der Waals surface area contributed by atoms with Crippen molar-refractivity contribution in [2.24, 2.45) is 0 Å². The minimum Gasteiger partial charge on any atom is -0.369 e. The Bertz CT molecular complexity index is 1060. The zero-order valence-corrected chi connectivity index (χ0v) is 16.3. The summed E-state index contributed by atoms with van der Waals surface area (Å²) in [6.45, 7) is 2.72. The molecule has 2 N–H and O–H groups in total. The van der Waals surface area contributed by atoms with E-state index >= 15 is 0 Å². The number of hydrogen-bond donors (Lipinski definition) is 2. The first-order chi connectivity index (χ1) is 13.6. The molecule has 1 aliphatic heterocycles. The van der Waals surface area contributed by atoms with Crippen molar-refractivity contribution in [3.05, 3.63) is 54.9 Å². The zero-order valence-electron chi connectivity index (χ0n) is 15.5. The summed E-state index contributed by atoms with van der Waals surface area (Å²) in [6.07, 6.45) is 3.90. The smallest absolute Gasteiger partial charge is 0.241 e. The van der Waals surface area contributed by atoms with Crippen molar-refractivity contribution >= 4 is 32.4 Å². The van der Waals surface area contributed by atoms with E-state index < -0.39 is 10.0 Å². The molecule has 1 aliphatic rings. The molecule has 0 saturated carbocycles. The lowest BCUT2D eigenvalue weighted by Crippen LogP contribution is -2.29. The summed E-state index contributed by atoms with van der Waals surface area (Å²) < 4.78 is 28.1. The van der Waals surface area contributed by atoms with Crippen LogP contribution in [-0.4, -0.2) is 44.6 Å². The average Bonchev–Trinajstić information content (AvgIpc) is 3.26. The van der Waals surface area contributed by atoms with Gasteiger partial charge in [-0.2, -0.15) is 0 Å². The number of aromatic nitrogens is 2. The van der Waals surface area contributed by atoms with Gasteiger partial charge in [0, 0.05) is 37.6 Å². The third kappa shape index (κ3) is 4.07. The highest BCUT2D eigenvalue weighted by Gasteiger charge is 2.17. The molecule has 1 fully saturated rings. The number of benzene rings is 2. The molecule has 2 aromatic carbocycles. The van der Waals surface area contributed by atoms with Gasteiger partial charge in [0.25, 0.3) is 0 Å². The van der Waals surface area contributed by atoms with Crippen LogP contribution < -0.4 is 14.9 Å². The second kappa shape index (κ2) is 8.12. The molecule has 0 radical (unpaired) electrons. The molecule has 146 valence electrons. The van der Waals surface area contributed by atoms with Crippen LogP contribution in [0.4, 0.5) is 11.6 Å². The summed E-state index contributed by atoms with van der Waals surface area (Å²) in [4.78, 5) is 11.1. The predicted octanol–water partition coefficient (Wildman–Crippen LogP) is 2.62. The molecule has 2 heterocycles. The fourth-order valence-corrected chi connectivity index (χ4v) is 4.71. The van der Waals surface area contributed by atoms with E-state index in [1.165, 1.54) is 19.2 Å². The van der Waals surface area contributed by atoms with Crippen LogP contribution in [0.15, 0.2) is 59.8 Å². The van der Waals surface area contributed by atoms with Crippen LogP contribution >= 0.6 is 0 Å². The lowest BCUT2D eigenvalue weighted by atomic mass is 10.1. The molecular formula is C20H23N5O2S. The highest BCUT2D eigenvalue weighted by molar-refractivity contribution is 7.89. The van der Waals surface area contributed by atoms with E-state index in [1.54, 1.807) is 12.1 Å². The summed E-state index contributed by atoms with van der Waals surface area (Å²) in [7, 11) is -3.59. The molecule has 4 rings (SSSR count). The van der Waals surface area contributed by atoms with Crippen LogP contribution in [0.2, 0.25) is 0 Å². The largest absolute Gasteiger partial charge is 0.369 e. The number of nitrogens with zero attached hydrogens (tertiary/aromatic N) is 3. The van der Waals surface area contributed by atoms with Crippen molar-refractivity contribution < 1.29 is 8.42 Å². The maximum atomic E-state index is 12.7. The number of nitrogens with one attached hydrogen (secondary N) is 2. The van der Waals surface area contributed by atoms with Gasteiger partial charge in [-0.3, -0.25) is 0 Å². The number of fused-ring (bicyclic) bond motifs is 1. The topological polar surface area (TPSA) is 87.2 Å². The fourth-order valence-electron chi connectivity index (χ4n) is 3.45. The van der Waals surface area contributed by atoms with Gasteiger partial charge in [0.1, 0.15) is 18.0 Å². The van der Waals surface area contributed by atoms with Gasteiger partial charge in [0.15, 0.2) is 0 Å². The standard InChI is InChI=1S/C20H23N5O2S/c26-28(27,18-9-5-7-16-6-1-2-8-17(16)18)24-11-10-21-19-14-20(23-15-22-19)25-12-3-4-13-25/h1-2,5-9,14-15,24H,3-4,10-13H2,(H,21,22,23). The van der Waals surface area contributed by atoms with Crippen LogP contribution in [-0.2, 0) is 10.0 Å². The Kier molecular flexibility index (Phi) is 5.40. The Hall–Kier alpha value is -2.71. The zero-order chi connectivity index (χ0) is 19.4. The van der Waals surface area contributed by atoms with Gasteiger partial charge >= 0.3 is 0 Å². The molecule has 0 bridgehead atoms. The summed E-state index contributed by atoms with van der Waals surface area (Å²) in [6, 6.07) is 14.7. The number of rotatable bonds is 7. The van der Waals surface area contributed by atoms with Gasteiger partial charge in [-0.1, -0.05) is 36.4 Å². The molecule has 7 nitrogen and oxygen atoms in total. The second-order valence-electron chi connectivity index (χ2n) is 6.76. The van der Waals surface area contributed by atoms with Crippen molar-refractivity contribution in [2.75, 3.05) is 36.4 Å². The number of sulfonamides is 1. The Morgan fingerprint density at radius 3 is 2.61 bits per heavy atom. The number of hydrogen-bond acceptors (Lipinski definition) is 6. The quantitative estimate of drug-likeness (QED) is 0.596. The molecule has 0 unspecified atom stereocenters. The normalized spacial score (nSPS) is 14.5. The molecule has 1 aromatic heterocycles. The average molecular weight is 398 g/mol. The Labute approximate surface area is 164 Å². The first-order valence-corrected chi connectivity index (χ1v) is 10.9. The lowest BCUT2D eigenvalue weighted by molar-refractivity contribution is 0.584. The maximum absolute atomic E-state index is 12.7. The predicted molar refractivity (Wildman–Crippen MR) is 111 cm³/mol. The second-order valence-corrected chi connectivity index (χ2v) is 8.49. The van der Waals surface area contributed by atoms with Gasteiger partial charge in [-0.15, -0.1) is 0 Å². The molecule has 1 saturated heterocycles. The molecule has 0 spiro atoms. The minimum atomic E-state index is -3.59. The van der Waals surface area contributed by atoms with Gasteiger partial charge in [0.2, 0.25) is 10.0 Å². The maximum Gasteiger partial charge on any atom is 0.241 e. The minimum absolute atomic E-state index is 0.259. The monoisotopic (exact) mass is 397 g/mol. The van der Waals surface area contributed by atoms with Crippen molar-refractivity contribution in [3.8, 4) is 0 Å². The van der Waals surface area contributed by atoms with Crippen LogP contribution in [0.1, 0.15) is 12.8 Å². The van der Waals surface area contributed by atoms with E-state index in [0.29, 0.717) is 17.3 Å². The van der Waals surface area contributed by atoms with Crippen LogP contribution in [0.25, 0.3) is 10.8 Å². The van der Waals surface area contributed by atoms with E-state index in [2.05, 4.69) is 24.9 Å². The summed E-state index contributed by atoms with van der Waals surface area (Å²) in [5, 5.41) is 4.79. The Morgan fingerprint density at radius 2 is 1.75 bits per heavy atom. The van der Waals surface area contributed by atoms with Gasteiger partial charge in [-0.05, 0) is 24.3 Å². The number of anilines is 2. The van der Waals surface area contributed by atoms with Gasteiger partial charge < -0.3 is 10.2 Å². The van der Waals surface area contributed by atoms with Crippen molar-refractivity contribution in [2.45, 2.75) is 17.7 Å². The Balaban J connectivity index is 1.38. The van der Waals surface area contributed by atoms with Crippen LogP contribution in [0.5, 0.6) is 0 Å². The lowest BCUT2D eigenvalue weighted by Gasteiger charge is -2.16. The van der Waals surface area contributed by atoms with E-state index in [4.69, 9.17) is 0 Å². The van der Waals surface area contributed by atoms with E-state index in [9.17, 15) is 8.42 Å². The first-order valence-electron chi connectivity index (χ1n) is 9.42. The van der Waals surface area contributed by atoms with Crippen LogP contribution in [0, 0.1) is 0 Å². The van der Waals surface area contributed by atoms with Gasteiger partial charge in [-0.25, -0.2) is 23.1 Å². The third-order valence-corrected chi connectivity index (χ3v) is 6.36. The van der Waals surface area contributed by atoms with E-state index in [-0.39, 0.29) is 6.54 Å². The van der Waals surface area contributed by atoms with Crippen LogP contribution in [0.3, 0.4) is 0 Å². The summed E-state index contributed by atoms with van der Waals surface area (Å²) >= 11 is 0. The summed E-state index contributed by atoms with van der Waals surface area (Å²) in [5.41, 5.74) is 0. The fraction of sp³-hybridized carbons (Fsp3) is 0.300.